The lowest BCUT2D eigenvalue weighted by molar-refractivity contribution is 0.100. The van der Waals surface area contributed by atoms with Crippen LogP contribution in [0.4, 0.5) is 10.1 Å². The molecule has 0 bridgehead atoms. The Labute approximate surface area is 123 Å². The van der Waals surface area contributed by atoms with E-state index >= 15 is 0 Å². The number of nitrogens with one attached hydrogen (secondary N) is 1. The Hall–Kier alpha value is -2.70. The summed E-state index contributed by atoms with van der Waals surface area (Å²) in [7, 11) is 0. The standard InChI is InChI=1S/C15H15FN2O3/c1-4-7-19-14-10-12(17-11-18-21-6-3)9-13(16)15(14)20-8-5-2/h1-2,9-11H,6-8H2,3H3,(H,17,18). The molecule has 0 atom stereocenters. The molecule has 0 spiro atoms. The number of hydroxylamine groups is 1. The number of ether oxygens (including phenoxy) is 2. The smallest absolute Gasteiger partial charge is 0.198 e. The third kappa shape index (κ3) is 5.43. The van der Waals surface area contributed by atoms with Crippen molar-refractivity contribution in [2.45, 2.75) is 6.92 Å². The topological polar surface area (TPSA) is 52.1 Å². The SMILES string of the molecule is C#CCOc1cc(N=CNOCC)cc(F)c1OCC#C. The summed E-state index contributed by atoms with van der Waals surface area (Å²) in [6.07, 6.45) is 11.5. The number of benzene rings is 1. The molecule has 0 aliphatic carbocycles. The predicted octanol–water partition coefficient (Wildman–Crippen LogP) is 2.05. The molecular weight excluding hydrogens is 275 g/mol. The van der Waals surface area contributed by atoms with Crippen molar-refractivity contribution in [1.82, 2.24) is 5.48 Å². The first-order valence-electron chi connectivity index (χ1n) is 6.08. The van der Waals surface area contributed by atoms with Crippen LogP contribution in [0.15, 0.2) is 17.1 Å². The molecule has 1 N–H and O–H groups in total. The highest BCUT2D eigenvalue weighted by atomic mass is 19.1. The quantitative estimate of drug-likeness (QED) is 0.262. The van der Waals surface area contributed by atoms with E-state index < -0.39 is 5.82 Å². The number of aliphatic imine (C=N–C) groups is 1. The molecule has 0 saturated heterocycles. The number of hydrogen-bond donors (Lipinski definition) is 1. The molecular formula is C15H15FN2O3. The molecule has 0 aliphatic heterocycles. The maximum atomic E-state index is 14.0. The van der Waals surface area contributed by atoms with Gasteiger partial charge in [0.1, 0.15) is 19.6 Å². The minimum absolute atomic E-state index is 0.0315. The number of halogens is 1. The Morgan fingerprint density at radius 2 is 2.00 bits per heavy atom. The Morgan fingerprint density at radius 1 is 1.29 bits per heavy atom. The predicted molar refractivity (Wildman–Crippen MR) is 78.0 cm³/mol. The van der Waals surface area contributed by atoms with Gasteiger partial charge in [-0.2, -0.15) is 0 Å². The second kappa shape index (κ2) is 9.24. The summed E-state index contributed by atoms with van der Waals surface area (Å²) in [4.78, 5) is 8.83. The van der Waals surface area contributed by atoms with Crippen LogP contribution < -0.4 is 15.0 Å². The van der Waals surface area contributed by atoms with Crippen molar-refractivity contribution in [3.63, 3.8) is 0 Å². The van der Waals surface area contributed by atoms with Crippen LogP contribution in [0.25, 0.3) is 0 Å². The molecule has 1 aromatic carbocycles. The maximum absolute atomic E-state index is 14.0. The van der Waals surface area contributed by atoms with Crippen molar-refractivity contribution in [1.29, 1.82) is 0 Å². The molecule has 0 saturated carbocycles. The van der Waals surface area contributed by atoms with E-state index in [1.54, 1.807) is 0 Å². The molecule has 0 aliphatic rings. The second-order valence-electron chi connectivity index (χ2n) is 3.55. The average Bonchev–Trinajstić information content (AvgIpc) is 2.48. The van der Waals surface area contributed by atoms with Crippen molar-refractivity contribution in [2.75, 3.05) is 19.8 Å². The van der Waals surface area contributed by atoms with Gasteiger partial charge in [0.25, 0.3) is 0 Å². The molecule has 0 heterocycles. The van der Waals surface area contributed by atoms with Crippen molar-refractivity contribution in [3.8, 4) is 36.2 Å². The minimum Gasteiger partial charge on any atom is -0.477 e. The molecule has 110 valence electrons. The van der Waals surface area contributed by atoms with Gasteiger partial charge in [-0.3, -0.25) is 10.3 Å². The molecule has 0 radical (unpaired) electrons. The normalized spacial score (nSPS) is 9.90. The van der Waals surface area contributed by atoms with Crippen molar-refractivity contribution < 1.29 is 18.7 Å². The number of nitrogens with zero attached hydrogens (tertiary/aromatic N) is 1. The fourth-order valence-electron chi connectivity index (χ4n) is 1.33. The van der Waals surface area contributed by atoms with E-state index in [0.29, 0.717) is 12.3 Å². The molecule has 0 amide bonds. The third-order valence-corrected chi connectivity index (χ3v) is 2.10. The Bertz CT molecular complexity index is 574. The van der Waals surface area contributed by atoms with Gasteiger partial charge in [0, 0.05) is 12.1 Å². The molecule has 6 heteroatoms. The van der Waals surface area contributed by atoms with Crippen LogP contribution in [-0.2, 0) is 4.84 Å². The van der Waals surface area contributed by atoms with E-state index in [1.807, 2.05) is 6.92 Å². The highest BCUT2D eigenvalue weighted by Crippen LogP contribution is 2.34. The molecule has 5 nitrogen and oxygen atoms in total. The van der Waals surface area contributed by atoms with Gasteiger partial charge in [-0.05, 0) is 6.92 Å². The van der Waals surface area contributed by atoms with Gasteiger partial charge in [-0.15, -0.1) is 12.8 Å². The van der Waals surface area contributed by atoms with Crippen LogP contribution in [0.5, 0.6) is 11.5 Å². The molecule has 21 heavy (non-hydrogen) atoms. The van der Waals surface area contributed by atoms with E-state index in [4.69, 9.17) is 27.2 Å². The van der Waals surface area contributed by atoms with E-state index in [9.17, 15) is 4.39 Å². The van der Waals surface area contributed by atoms with Gasteiger partial charge >= 0.3 is 0 Å². The molecule has 0 aromatic heterocycles. The molecule has 1 rings (SSSR count). The van der Waals surface area contributed by atoms with Crippen LogP contribution >= 0.6 is 0 Å². The first-order valence-corrected chi connectivity index (χ1v) is 6.08. The third-order valence-electron chi connectivity index (χ3n) is 2.10. The zero-order chi connectivity index (χ0) is 15.5. The van der Waals surface area contributed by atoms with Gasteiger partial charge in [-0.25, -0.2) is 9.38 Å². The summed E-state index contributed by atoms with van der Waals surface area (Å²) >= 11 is 0. The van der Waals surface area contributed by atoms with Gasteiger partial charge < -0.3 is 9.47 Å². The fraction of sp³-hybridized carbons (Fsp3) is 0.267. The van der Waals surface area contributed by atoms with E-state index in [1.165, 1.54) is 18.5 Å². The summed E-state index contributed by atoms with van der Waals surface area (Å²) in [5, 5.41) is 0. The van der Waals surface area contributed by atoms with Gasteiger partial charge in [-0.1, -0.05) is 11.8 Å². The number of rotatable bonds is 8. The zero-order valence-electron chi connectivity index (χ0n) is 11.6. The minimum atomic E-state index is -0.650. The Balaban J connectivity index is 2.97. The number of hydrogen-bond acceptors (Lipinski definition) is 4. The van der Waals surface area contributed by atoms with Crippen LogP contribution in [0.3, 0.4) is 0 Å². The highest BCUT2D eigenvalue weighted by molar-refractivity contribution is 5.62. The summed E-state index contributed by atoms with van der Waals surface area (Å²) in [5.41, 5.74) is 2.77. The summed E-state index contributed by atoms with van der Waals surface area (Å²) in [5.74, 6) is 3.92. The zero-order valence-corrected chi connectivity index (χ0v) is 11.6. The van der Waals surface area contributed by atoms with Crippen molar-refractivity contribution in [2.24, 2.45) is 4.99 Å². The molecule has 1 aromatic rings. The van der Waals surface area contributed by atoms with Crippen LogP contribution in [0.1, 0.15) is 6.92 Å². The average molecular weight is 290 g/mol. The van der Waals surface area contributed by atoms with E-state index in [0.717, 1.165) is 0 Å². The fourth-order valence-corrected chi connectivity index (χ4v) is 1.33. The van der Waals surface area contributed by atoms with Crippen LogP contribution in [0, 0.1) is 30.5 Å². The first kappa shape index (κ1) is 16.4. The van der Waals surface area contributed by atoms with Crippen LogP contribution in [-0.4, -0.2) is 26.2 Å². The van der Waals surface area contributed by atoms with E-state index in [-0.39, 0.29) is 24.7 Å². The second-order valence-corrected chi connectivity index (χ2v) is 3.55. The highest BCUT2D eigenvalue weighted by Gasteiger charge is 2.13. The Kier molecular flexibility index (Phi) is 7.20. The summed E-state index contributed by atoms with van der Waals surface area (Å²) in [6.45, 7) is 2.16. The van der Waals surface area contributed by atoms with E-state index in [2.05, 4.69) is 22.3 Å². The maximum Gasteiger partial charge on any atom is 0.198 e. The van der Waals surface area contributed by atoms with Crippen molar-refractivity contribution >= 4 is 12.0 Å². The van der Waals surface area contributed by atoms with Gasteiger partial charge in [0.2, 0.25) is 0 Å². The molecule has 0 fully saturated rings. The lowest BCUT2D eigenvalue weighted by Gasteiger charge is -2.11. The summed E-state index contributed by atoms with van der Waals surface area (Å²) < 4.78 is 24.3. The van der Waals surface area contributed by atoms with Gasteiger partial charge in [0.15, 0.2) is 17.3 Å². The monoisotopic (exact) mass is 290 g/mol. The lowest BCUT2D eigenvalue weighted by Crippen LogP contribution is -2.10. The van der Waals surface area contributed by atoms with Crippen molar-refractivity contribution in [3.05, 3.63) is 17.9 Å². The first-order chi connectivity index (χ1) is 10.2. The summed E-state index contributed by atoms with van der Waals surface area (Å²) in [6, 6.07) is 2.66. The largest absolute Gasteiger partial charge is 0.477 e. The Morgan fingerprint density at radius 3 is 2.67 bits per heavy atom. The van der Waals surface area contributed by atoms with Crippen LogP contribution in [0.2, 0.25) is 0 Å². The van der Waals surface area contributed by atoms with Gasteiger partial charge in [0.05, 0.1) is 12.3 Å². The lowest BCUT2D eigenvalue weighted by atomic mass is 10.2. The molecule has 0 unspecified atom stereocenters. The number of terminal acetylenes is 2.